The van der Waals surface area contributed by atoms with Gasteiger partial charge in [-0.2, -0.15) is 0 Å². The van der Waals surface area contributed by atoms with Gasteiger partial charge in [-0.05, 0) is 12.0 Å². The highest BCUT2D eigenvalue weighted by molar-refractivity contribution is 7.90. The zero-order chi connectivity index (χ0) is 20.1. The van der Waals surface area contributed by atoms with E-state index < -0.39 is 9.84 Å². The third kappa shape index (κ3) is 5.78. The molecule has 2 saturated heterocycles. The average Bonchev–Trinajstić information content (AvgIpc) is 3.05. The van der Waals surface area contributed by atoms with E-state index in [9.17, 15) is 18.0 Å². The Bertz CT molecular complexity index is 789. The maximum absolute atomic E-state index is 12.8. The first-order valence-corrected chi connectivity index (χ1v) is 11.9. The van der Waals surface area contributed by atoms with E-state index in [1.807, 2.05) is 35.2 Å². The number of benzene rings is 1. The van der Waals surface area contributed by atoms with Crippen molar-refractivity contribution < 1.29 is 18.0 Å². The Labute approximate surface area is 167 Å². The molecular weight excluding hydrogens is 378 g/mol. The Kier molecular flexibility index (Phi) is 6.72. The van der Waals surface area contributed by atoms with Crippen LogP contribution in [-0.2, 0) is 25.8 Å². The van der Waals surface area contributed by atoms with E-state index in [0.717, 1.165) is 6.42 Å². The molecule has 1 aromatic carbocycles. The number of rotatable bonds is 7. The van der Waals surface area contributed by atoms with Crippen LogP contribution in [0.4, 0.5) is 0 Å². The summed E-state index contributed by atoms with van der Waals surface area (Å²) in [4.78, 5) is 30.8. The largest absolute Gasteiger partial charge is 0.342 e. The molecule has 1 unspecified atom stereocenters. The Balaban J connectivity index is 1.44. The lowest BCUT2D eigenvalue weighted by Gasteiger charge is -2.35. The van der Waals surface area contributed by atoms with Crippen LogP contribution >= 0.6 is 0 Å². The highest BCUT2D eigenvalue weighted by Crippen LogP contribution is 2.21. The van der Waals surface area contributed by atoms with Gasteiger partial charge in [-0.15, -0.1) is 0 Å². The van der Waals surface area contributed by atoms with Gasteiger partial charge in [0, 0.05) is 58.5 Å². The zero-order valence-corrected chi connectivity index (χ0v) is 17.2. The van der Waals surface area contributed by atoms with Crippen molar-refractivity contribution >= 4 is 21.7 Å². The number of hydrogen-bond donors (Lipinski definition) is 0. The number of likely N-dealkylation sites (tertiary alicyclic amines) is 1. The van der Waals surface area contributed by atoms with Gasteiger partial charge in [0.2, 0.25) is 11.8 Å². The van der Waals surface area contributed by atoms with Crippen LogP contribution in [0.1, 0.15) is 12.0 Å². The van der Waals surface area contributed by atoms with E-state index in [4.69, 9.17) is 0 Å². The van der Waals surface area contributed by atoms with Crippen molar-refractivity contribution in [3.05, 3.63) is 35.9 Å². The Morgan fingerprint density at radius 1 is 1.07 bits per heavy atom. The van der Waals surface area contributed by atoms with Crippen LogP contribution in [0.5, 0.6) is 0 Å². The van der Waals surface area contributed by atoms with Crippen LogP contribution in [0.2, 0.25) is 0 Å². The lowest BCUT2D eigenvalue weighted by atomic mass is 10.1. The highest BCUT2D eigenvalue weighted by Gasteiger charge is 2.37. The molecule has 2 aliphatic heterocycles. The molecule has 154 valence electrons. The predicted octanol–water partition coefficient (Wildman–Crippen LogP) is 0.266. The molecule has 0 aliphatic carbocycles. The van der Waals surface area contributed by atoms with Gasteiger partial charge in [-0.25, -0.2) is 8.42 Å². The Hall–Kier alpha value is -1.93. The number of carbonyl (C=O) groups is 2. The molecule has 2 aliphatic rings. The quantitative estimate of drug-likeness (QED) is 0.648. The van der Waals surface area contributed by atoms with Crippen LogP contribution in [0.15, 0.2) is 30.3 Å². The summed E-state index contributed by atoms with van der Waals surface area (Å²) in [5, 5.41) is 0. The molecule has 8 heteroatoms. The van der Waals surface area contributed by atoms with Gasteiger partial charge in [-0.3, -0.25) is 14.5 Å². The van der Waals surface area contributed by atoms with E-state index in [-0.39, 0.29) is 23.5 Å². The van der Waals surface area contributed by atoms with Crippen molar-refractivity contribution in [1.29, 1.82) is 0 Å². The van der Waals surface area contributed by atoms with Crippen LogP contribution in [0.25, 0.3) is 0 Å². The summed E-state index contributed by atoms with van der Waals surface area (Å²) in [6.07, 6.45) is 2.34. The van der Waals surface area contributed by atoms with Gasteiger partial charge < -0.3 is 9.80 Å². The predicted molar refractivity (Wildman–Crippen MR) is 108 cm³/mol. The van der Waals surface area contributed by atoms with Crippen molar-refractivity contribution in [3.8, 4) is 0 Å². The first kappa shape index (κ1) is 20.8. The number of nitrogens with zero attached hydrogens (tertiary/aromatic N) is 3. The second-order valence-electron chi connectivity index (χ2n) is 7.77. The minimum absolute atomic E-state index is 0.0540. The van der Waals surface area contributed by atoms with E-state index in [2.05, 4.69) is 4.90 Å². The lowest BCUT2D eigenvalue weighted by Crippen LogP contribution is -2.51. The molecule has 0 saturated carbocycles. The molecule has 28 heavy (non-hydrogen) atoms. The number of carbonyl (C=O) groups excluding carboxylic acids is 2. The maximum Gasteiger partial charge on any atom is 0.228 e. The van der Waals surface area contributed by atoms with Gasteiger partial charge >= 0.3 is 0 Å². The minimum Gasteiger partial charge on any atom is -0.342 e. The molecule has 0 bridgehead atoms. The van der Waals surface area contributed by atoms with Crippen LogP contribution in [-0.4, -0.2) is 92.8 Å². The normalized spacial score (nSPS) is 21.3. The fourth-order valence-electron chi connectivity index (χ4n) is 3.81. The second-order valence-corrected chi connectivity index (χ2v) is 10.0. The number of hydrogen-bond acceptors (Lipinski definition) is 5. The molecule has 0 aromatic heterocycles. The molecule has 2 heterocycles. The number of sulfone groups is 1. The summed E-state index contributed by atoms with van der Waals surface area (Å²) in [6.45, 7) is 4.20. The summed E-state index contributed by atoms with van der Waals surface area (Å²) in [5.74, 6) is -0.000660. The molecule has 7 nitrogen and oxygen atoms in total. The third-order valence-corrected chi connectivity index (χ3v) is 6.46. The lowest BCUT2D eigenvalue weighted by molar-refractivity contribution is -0.137. The second kappa shape index (κ2) is 9.05. The summed E-state index contributed by atoms with van der Waals surface area (Å²) in [5.41, 5.74) is 1.19. The number of amides is 2. The Morgan fingerprint density at radius 2 is 1.75 bits per heavy atom. The fraction of sp³-hybridized carbons (Fsp3) is 0.600. The van der Waals surface area contributed by atoms with Gasteiger partial charge in [0.25, 0.3) is 0 Å². The van der Waals surface area contributed by atoms with E-state index in [0.29, 0.717) is 52.2 Å². The molecular formula is C20H29N3O4S. The maximum atomic E-state index is 12.8. The topological polar surface area (TPSA) is 78.0 Å². The van der Waals surface area contributed by atoms with Gasteiger partial charge in [0.05, 0.1) is 11.7 Å². The molecule has 2 fully saturated rings. The van der Waals surface area contributed by atoms with E-state index in [1.54, 1.807) is 4.90 Å². The highest BCUT2D eigenvalue weighted by atomic mass is 32.2. The van der Waals surface area contributed by atoms with E-state index in [1.165, 1.54) is 11.8 Å². The van der Waals surface area contributed by atoms with Crippen molar-refractivity contribution in [2.45, 2.75) is 12.8 Å². The van der Waals surface area contributed by atoms with E-state index >= 15 is 0 Å². The van der Waals surface area contributed by atoms with Gasteiger partial charge in [0.1, 0.15) is 9.84 Å². The summed E-state index contributed by atoms with van der Waals surface area (Å²) in [6, 6.07) is 10.0. The van der Waals surface area contributed by atoms with Gasteiger partial charge in [0.15, 0.2) is 0 Å². The van der Waals surface area contributed by atoms with Gasteiger partial charge in [-0.1, -0.05) is 30.3 Å². The first-order valence-electron chi connectivity index (χ1n) is 9.82. The molecule has 0 radical (unpaired) electrons. The SMILES string of the molecule is CS(=O)(=O)CCN1CCN(C(=O)C2CC(=O)N(CCc3ccccc3)C2)CC1. The van der Waals surface area contributed by atoms with Crippen LogP contribution in [0.3, 0.4) is 0 Å². The molecule has 3 rings (SSSR count). The molecule has 2 amide bonds. The summed E-state index contributed by atoms with van der Waals surface area (Å²) in [7, 11) is -2.97. The van der Waals surface area contributed by atoms with Crippen molar-refractivity contribution in [1.82, 2.24) is 14.7 Å². The minimum atomic E-state index is -2.97. The Morgan fingerprint density at radius 3 is 2.39 bits per heavy atom. The first-order chi connectivity index (χ1) is 13.3. The third-order valence-electron chi connectivity index (χ3n) is 5.54. The van der Waals surface area contributed by atoms with Crippen LogP contribution < -0.4 is 0 Å². The molecule has 0 spiro atoms. The summed E-state index contributed by atoms with van der Waals surface area (Å²) >= 11 is 0. The standard InChI is InChI=1S/C20H29N3O4S/c1-28(26,27)14-13-21-9-11-22(12-10-21)20(25)18-15-19(24)23(16-18)8-7-17-5-3-2-4-6-17/h2-6,18H,7-16H2,1H3. The molecule has 0 N–H and O–H groups in total. The van der Waals surface area contributed by atoms with Crippen molar-refractivity contribution in [2.75, 3.05) is 57.8 Å². The fourth-order valence-corrected chi connectivity index (χ4v) is 4.40. The number of piperazine rings is 1. The average molecular weight is 408 g/mol. The van der Waals surface area contributed by atoms with Crippen LogP contribution in [0, 0.1) is 5.92 Å². The summed E-state index contributed by atoms with van der Waals surface area (Å²) < 4.78 is 22.6. The molecule has 1 atom stereocenters. The smallest absolute Gasteiger partial charge is 0.228 e. The van der Waals surface area contributed by atoms with Crippen molar-refractivity contribution in [3.63, 3.8) is 0 Å². The monoisotopic (exact) mass is 407 g/mol. The van der Waals surface area contributed by atoms with Crippen molar-refractivity contribution in [2.24, 2.45) is 5.92 Å². The molecule has 1 aromatic rings. The zero-order valence-electron chi connectivity index (χ0n) is 16.4.